The number of amides is 1. The van der Waals surface area contributed by atoms with Gasteiger partial charge in [-0.2, -0.15) is 0 Å². The van der Waals surface area contributed by atoms with Crippen LogP contribution in [0.3, 0.4) is 0 Å². The minimum absolute atomic E-state index is 0.119. The summed E-state index contributed by atoms with van der Waals surface area (Å²) in [6.45, 7) is 3.75. The van der Waals surface area contributed by atoms with E-state index in [0.29, 0.717) is 16.8 Å². The molecule has 0 bridgehead atoms. The summed E-state index contributed by atoms with van der Waals surface area (Å²) in [7, 11) is 2.90. The monoisotopic (exact) mass is 371 g/mol. The maximum atomic E-state index is 13.3. The van der Waals surface area contributed by atoms with Crippen molar-refractivity contribution in [3.63, 3.8) is 0 Å². The molecule has 2 rings (SSSR count). The van der Waals surface area contributed by atoms with Crippen molar-refractivity contribution in [1.29, 1.82) is 0 Å². The molecule has 0 aliphatic carbocycles. The molecule has 2 aromatic carbocycles. The number of nitrogens with zero attached hydrogens (tertiary/aromatic N) is 2. The van der Waals surface area contributed by atoms with E-state index in [1.165, 1.54) is 26.3 Å². The first-order valence-electron chi connectivity index (χ1n) is 8.32. The quantitative estimate of drug-likeness (QED) is 0.600. The minimum atomic E-state index is -0.372. The van der Waals surface area contributed by atoms with E-state index in [2.05, 4.69) is 15.6 Å². The van der Waals surface area contributed by atoms with Gasteiger partial charge in [0.05, 0.1) is 5.71 Å². The fourth-order valence-corrected chi connectivity index (χ4v) is 2.50. The van der Waals surface area contributed by atoms with Crippen LogP contribution in [0.4, 0.5) is 4.39 Å². The second-order valence-electron chi connectivity index (χ2n) is 5.76. The van der Waals surface area contributed by atoms with E-state index >= 15 is 0 Å². The Bertz CT molecular complexity index is 879. The molecular formula is C20H22FN3O3. The van der Waals surface area contributed by atoms with Crippen molar-refractivity contribution in [3.05, 3.63) is 70.5 Å². The number of carbonyl (C=O) groups is 1. The summed E-state index contributed by atoms with van der Waals surface area (Å²) < 4.78 is 13.3. The largest absolute Gasteiger partial charge is 0.398 e. The summed E-state index contributed by atoms with van der Waals surface area (Å²) in [5.41, 5.74) is 3.59. The Morgan fingerprint density at radius 3 is 2.59 bits per heavy atom. The zero-order valence-electron chi connectivity index (χ0n) is 15.7. The third-order valence-electron chi connectivity index (χ3n) is 3.94. The fourth-order valence-electron chi connectivity index (χ4n) is 2.50. The number of likely N-dealkylation sites (N-methyl/N-ethyl adjacent to an activating group) is 1. The van der Waals surface area contributed by atoms with Crippen LogP contribution in [0.1, 0.15) is 29.2 Å². The van der Waals surface area contributed by atoms with E-state index < -0.39 is 0 Å². The van der Waals surface area contributed by atoms with Crippen LogP contribution in [0.2, 0.25) is 0 Å². The summed E-state index contributed by atoms with van der Waals surface area (Å²) in [6.07, 6.45) is 0. The molecule has 7 heteroatoms. The number of carbonyl (C=O) groups excluding carboxylic acids is 1. The zero-order valence-corrected chi connectivity index (χ0v) is 15.7. The van der Waals surface area contributed by atoms with Gasteiger partial charge in [-0.15, -0.1) is 0 Å². The topological polar surface area (TPSA) is 72.3 Å². The lowest BCUT2D eigenvalue weighted by molar-refractivity contribution is -0.114. The van der Waals surface area contributed by atoms with Crippen molar-refractivity contribution >= 4 is 17.3 Å². The molecule has 0 radical (unpaired) electrons. The lowest BCUT2D eigenvalue weighted by Crippen LogP contribution is -2.29. The third kappa shape index (κ3) is 5.13. The van der Waals surface area contributed by atoms with E-state index in [0.717, 1.165) is 11.1 Å². The van der Waals surface area contributed by atoms with Gasteiger partial charge in [-0.1, -0.05) is 40.6 Å². The lowest BCUT2D eigenvalue weighted by atomic mass is 9.98. The maximum Gasteiger partial charge on any atom is 0.273 e. The predicted octanol–water partition coefficient (Wildman–Crippen LogP) is 3.17. The standard InChI is InChI=1S/C20H22FN3O3/c1-13-7-5-10-17(19(24-26-4)20(25)22-3)18(13)12-27-23-14(2)15-8-6-9-16(21)11-15/h5-11H,12H2,1-4H3,(H,22,25)/b23-14+,24-19+. The number of nitrogens with one attached hydrogen (secondary N) is 1. The van der Waals surface area contributed by atoms with Crippen LogP contribution in [0.25, 0.3) is 0 Å². The number of aryl methyl sites for hydroxylation is 1. The van der Waals surface area contributed by atoms with E-state index in [-0.39, 0.29) is 24.0 Å². The average Bonchev–Trinajstić information content (AvgIpc) is 2.66. The van der Waals surface area contributed by atoms with E-state index in [9.17, 15) is 9.18 Å². The van der Waals surface area contributed by atoms with Crippen LogP contribution < -0.4 is 5.32 Å². The Balaban J connectivity index is 2.27. The highest BCUT2D eigenvalue weighted by Crippen LogP contribution is 2.18. The summed E-state index contributed by atoms with van der Waals surface area (Å²) in [5, 5.41) is 10.4. The summed E-state index contributed by atoms with van der Waals surface area (Å²) in [6, 6.07) is 11.6. The maximum absolute atomic E-state index is 13.3. The highest BCUT2D eigenvalue weighted by atomic mass is 19.1. The fraction of sp³-hybridized carbons (Fsp3) is 0.250. The van der Waals surface area contributed by atoms with Gasteiger partial charge in [-0.25, -0.2) is 4.39 Å². The van der Waals surface area contributed by atoms with Crippen molar-refractivity contribution < 1.29 is 18.9 Å². The first-order valence-corrected chi connectivity index (χ1v) is 8.32. The second kappa shape index (κ2) is 9.47. The molecule has 0 heterocycles. The molecule has 0 spiro atoms. The van der Waals surface area contributed by atoms with Gasteiger partial charge in [-0.05, 0) is 31.5 Å². The number of rotatable bonds is 7. The van der Waals surface area contributed by atoms with Crippen molar-refractivity contribution in [2.45, 2.75) is 20.5 Å². The Morgan fingerprint density at radius 2 is 1.93 bits per heavy atom. The van der Waals surface area contributed by atoms with Crippen molar-refractivity contribution in [2.24, 2.45) is 10.3 Å². The van der Waals surface area contributed by atoms with Gasteiger partial charge < -0.3 is 15.0 Å². The van der Waals surface area contributed by atoms with Crippen molar-refractivity contribution in [3.8, 4) is 0 Å². The van der Waals surface area contributed by atoms with Crippen LogP contribution >= 0.6 is 0 Å². The molecule has 0 atom stereocenters. The van der Waals surface area contributed by atoms with E-state index in [1.54, 1.807) is 25.1 Å². The first-order chi connectivity index (χ1) is 13.0. The molecule has 0 aliphatic rings. The predicted molar refractivity (Wildman–Crippen MR) is 102 cm³/mol. The van der Waals surface area contributed by atoms with Crippen LogP contribution in [0.5, 0.6) is 0 Å². The molecule has 0 unspecified atom stereocenters. The lowest BCUT2D eigenvalue weighted by Gasteiger charge is -2.13. The molecule has 1 N–H and O–H groups in total. The van der Waals surface area contributed by atoms with Gasteiger partial charge in [0.1, 0.15) is 19.5 Å². The molecule has 0 aromatic heterocycles. The van der Waals surface area contributed by atoms with Crippen LogP contribution in [-0.2, 0) is 21.1 Å². The number of oxime groups is 2. The Hall–Kier alpha value is -3.22. The van der Waals surface area contributed by atoms with Crippen LogP contribution in [-0.4, -0.2) is 31.5 Å². The van der Waals surface area contributed by atoms with Gasteiger partial charge in [0.25, 0.3) is 5.91 Å². The molecule has 0 fully saturated rings. The second-order valence-corrected chi connectivity index (χ2v) is 5.76. The van der Waals surface area contributed by atoms with Gasteiger partial charge in [0, 0.05) is 23.7 Å². The van der Waals surface area contributed by atoms with E-state index in [4.69, 9.17) is 9.68 Å². The first kappa shape index (κ1) is 20.1. The van der Waals surface area contributed by atoms with Crippen molar-refractivity contribution in [1.82, 2.24) is 5.32 Å². The molecular weight excluding hydrogens is 349 g/mol. The number of hydrogen-bond acceptors (Lipinski definition) is 5. The summed E-state index contributed by atoms with van der Waals surface area (Å²) >= 11 is 0. The highest BCUT2D eigenvalue weighted by molar-refractivity contribution is 6.45. The number of benzene rings is 2. The summed E-state index contributed by atoms with van der Waals surface area (Å²) in [5.74, 6) is -0.711. The molecule has 0 saturated heterocycles. The van der Waals surface area contributed by atoms with Crippen molar-refractivity contribution in [2.75, 3.05) is 14.2 Å². The third-order valence-corrected chi connectivity index (χ3v) is 3.94. The molecule has 2 aromatic rings. The van der Waals surface area contributed by atoms with Gasteiger partial charge >= 0.3 is 0 Å². The molecule has 0 saturated carbocycles. The van der Waals surface area contributed by atoms with Gasteiger partial charge in [-0.3, -0.25) is 4.79 Å². The SMILES string of the molecule is CNC(=O)/C(=N/OC)c1cccc(C)c1CO/N=C(\C)c1cccc(F)c1. The van der Waals surface area contributed by atoms with Gasteiger partial charge in [0.15, 0.2) is 5.71 Å². The van der Waals surface area contributed by atoms with Crippen LogP contribution in [0.15, 0.2) is 52.8 Å². The minimum Gasteiger partial charge on any atom is -0.398 e. The average molecular weight is 371 g/mol. The zero-order chi connectivity index (χ0) is 19.8. The molecule has 0 aliphatic heterocycles. The Kier molecular flexibility index (Phi) is 7.05. The molecule has 6 nitrogen and oxygen atoms in total. The molecule has 142 valence electrons. The summed E-state index contributed by atoms with van der Waals surface area (Å²) in [4.78, 5) is 22.4. The Labute approximate surface area is 157 Å². The van der Waals surface area contributed by atoms with Gasteiger partial charge in [0.2, 0.25) is 0 Å². The molecule has 1 amide bonds. The number of halogens is 1. The van der Waals surface area contributed by atoms with Crippen LogP contribution in [0, 0.1) is 12.7 Å². The smallest absolute Gasteiger partial charge is 0.273 e. The number of hydrogen-bond donors (Lipinski definition) is 1. The Morgan fingerprint density at radius 1 is 1.19 bits per heavy atom. The normalized spacial score (nSPS) is 11.9. The molecule has 27 heavy (non-hydrogen) atoms. The van der Waals surface area contributed by atoms with E-state index in [1.807, 2.05) is 19.1 Å². The highest BCUT2D eigenvalue weighted by Gasteiger charge is 2.19.